The molecule has 2 rings (SSSR count). The number of nitrogens with one attached hydrogen (secondary N) is 2. The van der Waals surface area contributed by atoms with E-state index in [1.807, 2.05) is 0 Å². The van der Waals surface area contributed by atoms with Gasteiger partial charge in [0.1, 0.15) is 0 Å². The van der Waals surface area contributed by atoms with E-state index in [2.05, 4.69) is 10.6 Å². The Hall–Kier alpha value is -2.73. The van der Waals surface area contributed by atoms with Crippen LogP contribution < -0.4 is 20.1 Å². The highest BCUT2D eigenvalue weighted by molar-refractivity contribution is 6.31. The number of amides is 2. The van der Waals surface area contributed by atoms with Crippen molar-refractivity contribution in [1.29, 1.82) is 0 Å². The summed E-state index contributed by atoms with van der Waals surface area (Å²) in [5, 5.41) is 5.87. The predicted octanol–water partition coefficient (Wildman–Crippen LogP) is 3.50. The van der Waals surface area contributed by atoms with E-state index in [0.29, 0.717) is 27.9 Å². The molecule has 0 aliphatic rings. The lowest BCUT2D eigenvalue weighted by molar-refractivity contribution is -0.116. The van der Waals surface area contributed by atoms with Crippen molar-refractivity contribution in [3.8, 4) is 11.5 Å². The van der Waals surface area contributed by atoms with Crippen molar-refractivity contribution in [2.75, 3.05) is 24.9 Å². The van der Waals surface area contributed by atoms with Crippen molar-refractivity contribution in [3.05, 3.63) is 47.0 Å². The van der Waals surface area contributed by atoms with Crippen molar-refractivity contribution in [2.24, 2.45) is 0 Å². The molecule has 2 amide bonds. The van der Waals surface area contributed by atoms with Gasteiger partial charge < -0.3 is 20.1 Å². The number of carbonyl (C=O) groups is 2. The number of benzene rings is 2. The Morgan fingerprint density at radius 2 is 1.68 bits per heavy atom. The molecule has 0 radical (unpaired) electrons. The molecule has 0 spiro atoms. The minimum Gasteiger partial charge on any atom is -0.493 e. The van der Waals surface area contributed by atoms with E-state index in [4.69, 9.17) is 21.1 Å². The van der Waals surface area contributed by atoms with Gasteiger partial charge in [-0.2, -0.15) is 0 Å². The third kappa shape index (κ3) is 5.12. The molecule has 0 aromatic heterocycles. The molecule has 2 N–H and O–H groups in total. The van der Waals surface area contributed by atoms with Gasteiger partial charge in [-0.3, -0.25) is 9.59 Å². The largest absolute Gasteiger partial charge is 0.493 e. The summed E-state index contributed by atoms with van der Waals surface area (Å²) >= 11 is 5.98. The number of ether oxygens (including phenoxy) is 2. The highest BCUT2D eigenvalue weighted by Crippen LogP contribution is 2.29. The van der Waals surface area contributed by atoms with Crippen molar-refractivity contribution in [2.45, 2.75) is 13.3 Å². The fourth-order valence-electron chi connectivity index (χ4n) is 2.29. The van der Waals surface area contributed by atoms with Crippen LogP contribution in [0.5, 0.6) is 11.5 Å². The third-order valence-electron chi connectivity index (χ3n) is 3.38. The van der Waals surface area contributed by atoms with E-state index in [0.717, 1.165) is 5.56 Å². The first kappa shape index (κ1) is 18.6. The Bertz CT molecular complexity index is 793. The molecule has 132 valence electrons. The van der Waals surface area contributed by atoms with E-state index in [-0.39, 0.29) is 18.2 Å². The maximum atomic E-state index is 12.3. The first-order valence-electron chi connectivity index (χ1n) is 7.51. The Morgan fingerprint density at radius 1 is 0.960 bits per heavy atom. The monoisotopic (exact) mass is 362 g/mol. The minimum atomic E-state index is -0.249. The summed E-state index contributed by atoms with van der Waals surface area (Å²) < 4.78 is 10.4. The van der Waals surface area contributed by atoms with Gasteiger partial charge in [0, 0.05) is 11.9 Å². The van der Waals surface area contributed by atoms with Gasteiger partial charge in [-0.25, -0.2) is 0 Å². The predicted molar refractivity (Wildman–Crippen MR) is 97.6 cm³/mol. The molecule has 2 aromatic carbocycles. The van der Waals surface area contributed by atoms with Crippen LogP contribution in [0.25, 0.3) is 0 Å². The van der Waals surface area contributed by atoms with Gasteiger partial charge in [-0.05, 0) is 35.9 Å². The molecule has 7 heteroatoms. The molecule has 0 unspecified atom stereocenters. The second-order valence-corrected chi connectivity index (χ2v) is 5.72. The van der Waals surface area contributed by atoms with E-state index in [1.54, 1.807) is 43.5 Å². The summed E-state index contributed by atoms with van der Waals surface area (Å²) in [4.78, 5) is 23.6. The van der Waals surface area contributed by atoms with Crippen LogP contribution in [0.3, 0.4) is 0 Å². The zero-order chi connectivity index (χ0) is 18.4. The molecular formula is C18H19ClN2O4. The van der Waals surface area contributed by atoms with Crippen LogP contribution in [0, 0.1) is 0 Å². The maximum absolute atomic E-state index is 12.3. The molecular weight excluding hydrogens is 344 g/mol. The summed E-state index contributed by atoms with van der Waals surface area (Å²) in [5.74, 6) is 0.655. The molecule has 2 aromatic rings. The van der Waals surface area contributed by atoms with Crippen molar-refractivity contribution < 1.29 is 19.1 Å². The normalized spacial score (nSPS) is 10.1. The van der Waals surface area contributed by atoms with Crippen LogP contribution in [0.2, 0.25) is 5.02 Å². The number of hydrogen-bond donors (Lipinski definition) is 2. The molecule has 25 heavy (non-hydrogen) atoms. The lowest BCUT2D eigenvalue weighted by atomic mass is 10.1. The SMILES string of the molecule is COc1ccc(CC(=O)Nc2cc(Cl)ccc2NC(C)=O)cc1OC. The molecule has 0 atom stereocenters. The average Bonchev–Trinajstić information content (AvgIpc) is 2.56. The second-order valence-electron chi connectivity index (χ2n) is 5.29. The summed E-state index contributed by atoms with van der Waals surface area (Å²) in [6.07, 6.45) is 0.131. The van der Waals surface area contributed by atoms with Crippen LogP contribution in [0.15, 0.2) is 36.4 Å². The van der Waals surface area contributed by atoms with Crippen LogP contribution >= 0.6 is 11.6 Å². The van der Waals surface area contributed by atoms with Crippen molar-refractivity contribution in [3.63, 3.8) is 0 Å². The fourth-order valence-corrected chi connectivity index (χ4v) is 2.46. The van der Waals surface area contributed by atoms with Crippen molar-refractivity contribution in [1.82, 2.24) is 0 Å². The molecule has 0 bridgehead atoms. The Labute approximate surface area is 151 Å². The van der Waals surface area contributed by atoms with Gasteiger partial charge in [-0.15, -0.1) is 0 Å². The smallest absolute Gasteiger partial charge is 0.228 e. The first-order valence-corrected chi connectivity index (χ1v) is 7.88. The molecule has 0 aliphatic carbocycles. The Kier molecular flexibility index (Phi) is 6.25. The molecule has 0 saturated carbocycles. The van der Waals surface area contributed by atoms with E-state index in [1.165, 1.54) is 14.0 Å². The second kappa shape index (κ2) is 8.39. The van der Waals surface area contributed by atoms with Crippen LogP contribution in [0.1, 0.15) is 12.5 Å². The quantitative estimate of drug-likeness (QED) is 0.824. The highest BCUT2D eigenvalue weighted by Gasteiger charge is 2.11. The van der Waals surface area contributed by atoms with Crippen LogP contribution in [-0.2, 0) is 16.0 Å². The number of methoxy groups -OCH3 is 2. The van der Waals surface area contributed by atoms with E-state index < -0.39 is 0 Å². The zero-order valence-corrected chi connectivity index (χ0v) is 14.9. The van der Waals surface area contributed by atoms with Gasteiger partial charge >= 0.3 is 0 Å². The molecule has 0 saturated heterocycles. The number of hydrogen-bond acceptors (Lipinski definition) is 4. The topological polar surface area (TPSA) is 76.7 Å². The summed E-state index contributed by atoms with van der Waals surface area (Å²) in [6, 6.07) is 10.1. The average molecular weight is 363 g/mol. The van der Waals surface area contributed by atoms with Gasteiger partial charge in [0.25, 0.3) is 0 Å². The summed E-state index contributed by atoms with van der Waals surface area (Å²) in [5.41, 5.74) is 1.68. The molecule has 6 nitrogen and oxygen atoms in total. The number of anilines is 2. The van der Waals surface area contributed by atoms with E-state index in [9.17, 15) is 9.59 Å². The summed E-state index contributed by atoms with van der Waals surface area (Å²) in [7, 11) is 3.08. The van der Waals surface area contributed by atoms with Gasteiger partial charge in [-0.1, -0.05) is 17.7 Å². The van der Waals surface area contributed by atoms with Gasteiger partial charge in [0.15, 0.2) is 11.5 Å². The lowest BCUT2D eigenvalue weighted by Crippen LogP contribution is -2.17. The number of rotatable bonds is 6. The Balaban J connectivity index is 2.15. The molecule has 0 fully saturated rings. The maximum Gasteiger partial charge on any atom is 0.228 e. The van der Waals surface area contributed by atoms with E-state index >= 15 is 0 Å². The van der Waals surface area contributed by atoms with Crippen LogP contribution in [0.4, 0.5) is 11.4 Å². The lowest BCUT2D eigenvalue weighted by Gasteiger charge is -2.13. The fraction of sp³-hybridized carbons (Fsp3) is 0.222. The number of carbonyl (C=O) groups excluding carboxylic acids is 2. The van der Waals surface area contributed by atoms with Crippen molar-refractivity contribution >= 4 is 34.8 Å². The summed E-state index contributed by atoms with van der Waals surface area (Å²) in [6.45, 7) is 1.39. The van der Waals surface area contributed by atoms with Gasteiger partial charge in [0.2, 0.25) is 11.8 Å². The molecule has 0 aliphatic heterocycles. The van der Waals surface area contributed by atoms with Gasteiger partial charge in [0.05, 0.1) is 32.0 Å². The zero-order valence-electron chi connectivity index (χ0n) is 14.2. The number of halogens is 1. The minimum absolute atomic E-state index is 0.131. The third-order valence-corrected chi connectivity index (χ3v) is 3.61. The standard InChI is InChI=1S/C18H19ClN2O4/c1-11(22)20-14-6-5-13(19)10-15(14)21-18(23)9-12-4-7-16(24-2)17(8-12)25-3/h4-8,10H,9H2,1-3H3,(H,20,22)(H,21,23). The van der Waals surface area contributed by atoms with Crippen LogP contribution in [-0.4, -0.2) is 26.0 Å². The highest BCUT2D eigenvalue weighted by atomic mass is 35.5. The first-order chi connectivity index (χ1) is 11.9. The molecule has 0 heterocycles. The Morgan fingerprint density at radius 3 is 2.32 bits per heavy atom.